The van der Waals surface area contributed by atoms with Crippen molar-refractivity contribution < 1.29 is 4.79 Å². The van der Waals surface area contributed by atoms with E-state index in [1.54, 1.807) is 0 Å². The summed E-state index contributed by atoms with van der Waals surface area (Å²) in [7, 11) is 0. The van der Waals surface area contributed by atoms with Crippen LogP contribution in [0, 0.1) is 5.92 Å². The number of hydrogen-bond acceptors (Lipinski definition) is 1. The third-order valence-electron chi connectivity index (χ3n) is 0.814. The van der Waals surface area contributed by atoms with Gasteiger partial charge in [-0.3, -0.25) is 0 Å². The number of hydrogen-bond donors (Lipinski definition) is 0. The molecule has 2 heteroatoms. The Balaban J connectivity index is 0.000000250. The molecule has 0 atom stereocenters. The van der Waals surface area contributed by atoms with Gasteiger partial charge < -0.3 is 4.79 Å². The van der Waals surface area contributed by atoms with Crippen LogP contribution in [0.1, 0.15) is 12.8 Å². The Morgan fingerprint density at radius 1 is 1.50 bits per heavy atom. The van der Waals surface area contributed by atoms with Crippen LogP contribution in [0.2, 0.25) is 0 Å². The van der Waals surface area contributed by atoms with Gasteiger partial charge in [0.2, 0.25) is 0 Å². The fourth-order valence-corrected chi connectivity index (χ4v) is 0.232. The van der Waals surface area contributed by atoms with Gasteiger partial charge in [-0.1, -0.05) is 0 Å². The SMILES string of the molecule is O=CC1CC1.[NaH]. The van der Waals surface area contributed by atoms with Gasteiger partial charge in [0, 0.05) is 5.92 Å². The normalized spacial score (nSPS) is 18.7. The number of carbonyl (C=O) groups is 1. The standard InChI is InChI=1S/C4H6O.Na.H/c5-3-4-1-2-4;;/h3-4H,1-2H2;;. The molecule has 1 saturated carbocycles. The molecule has 0 N–H and O–H groups in total. The first-order valence-electron chi connectivity index (χ1n) is 1.89. The van der Waals surface area contributed by atoms with Crippen LogP contribution in [0.3, 0.4) is 0 Å². The molecule has 0 radical (unpaired) electrons. The predicted molar refractivity (Wildman–Crippen MR) is 25.9 cm³/mol. The van der Waals surface area contributed by atoms with E-state index >= 15 is 0 Å². The number of carbonyl (C=O) groups excluding carboxylic acids is 1. The summed E-state index contributed by atoms with van der Waals surface area (Å²) in [6.07, 6.45) is 3.31. The fraction of sp³-hybridized carbons (Fsp3) is 0.750. The first-order chi connectivity index (χ1) is 2.43. The minimum atomic E-state index is 0. The number of aldehydes is 1. The molecule has 30 valence electrons. The van der Waals surface area contributed by atoms with Crippen molar-refractivity contribution in [3.63, 3.8) is 0 Å². The first-order valence-corrected chi connectivity index (χ1v) is 1.89. The third kappa shape index (κ3) is 1.96. The second-order valence-corrected chi connectivity index (χ2v) is 1.47. The molecule has 0 saturated heterocycles. The molecule has 0 heterocycles. The van der Waals surface area contributed by atoms with Gasteiger partial charge in [-0.25, -0.2) is 0 Å². The van der Waals surface area contributed by atoms with Crippen molar-refractivity contribution in [2.75, 3.05) is 0 Å². The topological polar surface area (TPSA) is 17.1 Å². The minimum absolute atomic E-state index is 0. The van der Waals surface area contributed by atoms with Crippen molar-refractivity contribution in [3.05, 3.63) is 0 Å². The van der Waals surface area contributed by atoms with Gasteiger partial charge >= 0.3 is 29.6 Å². The Morgan fingerprint density at radius 2 is 2.00 bits per heavy atom. The van der Waals surface area contributed by atoms with Crippen LogP contribution in [0.15, 0.2) is 0 Å². The second kappa shape index (κ2) is 2.78. The van der Waals surface area contributed by atoms with Crippen molar-refractivity contribution in [3.8, 4) is 0 Å². The van der Waals surface area contributed by atoms with Gasteiger partial charge in [-0.05, 0) is 12.8 Å². The summed E-state index contributed by atoms with van der Waals surface area (Å²) in [5, 5.41) is 0. The summed E-state index contributed by atoms with van der Waals surface area (Å²) in [6, 6.07) is 0. The van der Waals surface area contributed by atoms with Crippen LogP contribution >= 0.6 is 0 Å². The molecule has 6 heavy (non-hydrogen) atoms. The molecule has 0 amide bonds. The molecule has 1 aliphatic rings. The Hall–Kier alpha value is 0.670. The van der Waals surface area contributed by atoms with Crippen LogP contribution in [-0.2, 0) is 4.79 Å². The van der Waals surface area contributed by atoms with E-state index < -0.39 is 0 Å². The molecule has 0 aromatic heterocycles. The Bertz CT molecular complexity index is 49.5. The van der Waals surface area contributed by atoms with E-state index in [1.165, 1.54) is 0 Å². The van der Waals surface area contributed by atoms with E-state index in [2.05, 4.69) is 0 Å². The van der Waals surface area contributed by atoms with Crippen molar-refractivity contribution in [1.29, 1.82) is 0 Å². The molecule has 0 spiro atoms. The van der Waals surface area contributed by atoms with E-state index in [-0.39, 0.29) is 29.6 Å². The van der Waals surface area contributed by atoms with Gasteiger partial charge in [0.25, 0.3) is 0 Å². The first kappa shape index (κ1) is 6.67. The molecular weight excluding hydrogens is 87.0 g/mol. The molecule has 0 aliphatic heterocycles. The Kier molecular flexibility index (Phi) is 3.09. The Morgan fingerprint density at radius 3 is 2.00 bits per heavy atom. The summed E-state index contributed by atoms with van der Waals surface area (Å²) >= 11 is 0. The van der Waals surface area contributed by atoms with Crippen LogP contribution in [0.4, 0.5) is 0 Å². The van der Waals surface area contributed by atoms with Gasteiger partial charge in [0.1, 0.15) is 6.29 Å². The number of rotatable bonds is 1. The second-order valence-electron chi connectivity index (χ2n) is 1.47. The zero-order chi connectivity index (χ0) is 3.70. The molecule has 0 aromatic carbocycles. The van der Waals surface area contributed by atoms with E-state index in [0.717, 1.165) is 19.1 Å². The average Bonchev–Trinajstić information content (AvgIpc) is 2.12. The fourth-order valence-electron chi connectivity index (χ4n) is 0.232. The summed E-state index contributed by atoms with van der Waals surface area (Å²) in [5.74, 6) is 0.454. The summed E-state index contributed by atoms with van der Waals surface area (Å²) < 4.78 is 0. The van der Waals surface area contributed by atoms with Crippen molar-refractivity contribution in [1.82, 2.24) is 0 Å². The van der Waals surface area contributed by atoms with Gasteiger partial charge in [-0.2, -0.15) is 0 Å². The van der Waals surface area contributed by atoms with Crippen molar-refractivity contribution in [2.24, 2.45) is 5.92 Å². The van der Waals surface area contributed by atoms with E-state index in [4.69, 9.17) is 0 Å². The van der Waals surface area contributed by atoms with Crippen molar-refractivity contribution >= 4 is 35.8 Å². The Labute approximate surface area is 59.4 Å². The van der Waals surface area contributed by atoms with Crippen LogP contribution in [0.25, 0.3) is 0 Å². The summed E-state index contributed by atoms with van der Waals surface area (Å²) in [4.78, 5) is 9.57. The van der Waals surface area contributed by atoms with E-state index in [1.807, 2.05) is 0 Å². The monoisotopic (exact) mass is 94.0 g/mol. The van der Waals surface area contributed by atoms with Crippen LogP contribution in [0.5, 0.6) is 0 Å². The van der Waals surface area contributed by atoms with Gasteiger partial charge in [0.15, 0.2) is 0 Å². The van der Waals surface area contributed by atoms with E-state index in [9.17, 15) is 4.79 Å². The maximum absolute atomic E-state index is 9.57. The van der Waals surface area contributed by atoms with Gasteiger partial charge in [-0.15, -0.1) is 0 Å². The molecule has 0 unspecified atom stereocenters. The zero-order valence-corrected chi connectivity index (χ0v) is 2.98. The maximum atomic E-state index is 9.57. The summed E-state index contributed by atoms with van der Waals surface area (Å²) in [5.41, 5.74) is 0. The molecular formula is C4H7NaO. The van der Waals surface area contributed by atoms with Gasteiger partial charge in [0.05, 0.1) is 0 Å². The van der Waals surface area contributed by atoms with Crippen LogP contribution in [-0.4, -0.2) is 35.8 Å². The third-order valence-corrected chi connectivity index (χ3v) is 0.814. The molecule has 1 rings (SSSR count). The average molecular weight is 94.1 g/mol. The zero-order valence-electron chi connectivity index (χ0n) is 2.98. The molecule has 0 aromatic rings. The predicted octanol–water partition coefficient (Wildman–Crippen LogP) is -0.0532. The van der Waals surface area contributed by atoms with E-state index in [0.29, 0.717) is 5.92 Å². The molecule has 1 nitrogen and oxygen atoms in total. The molecule has 1 fully saturated rings. The quantitative estimate of drug-likeness (QED) is 0.329. The molecule has 0 bridgehead atoms. The molecule has 1 aliphatic carbocycles. The van der Waals surface area contributed by atoms with Crippen LogP contribution < -0.4 is 0 Å². The van der Waals surface area contributed by atoms with Crippen molar-refractivity contribution in [2.45, 2.75) is 12.8 Å². The summed E-state index contributed by atoms with van der Waals surface area (Å²) in [6.45, 7) is 0.